The fourth-order valence-corrected chi connectivity index (χ4v) is 3.07. The number of halogens is 3. The molecule has 1 saturated carbocycles. The molecular weight excluding hydrogens is 347 g/mol. The number of fused-ring (bicyclic) bond motifs is 1. The Balaban J connectivity index is 1.74. The largest absolute Gasteiger partial charge is 0.573 e. The van der Waals surface area contributed by atoms with Gasteiger partial charge >= 0.3 is 6.36 Å². The van der Waals surface area contributed by atoms with E-state index in [4.69, 9.17) is 0 Å². The van der Waals surface area contributed by atoms with Crippen LogP contribution in [0.25, 0.3) is 5.65 Å². The van der Waals surface area contributed by atoms with E-state index in [9.17, 15) is 18.3 Å². The summed E-state index contributed by atoms with van der Waals surface area (Å²) in [5, 5.41) is 15.3. The molecule has 8 heteroatoms. The van der Waals surface area contributed by atoms with Crippen LogP contribution in [0.1, 0.15) is 42.5 Å². The summed E-state index contributed by atoms with van der Waals surface area (Å²) in [7, 11) is 0. The molecule has 1 N–H and O–H groups in total. The summed E-state index contributed by atoms with van der Waals surface area (Å²) in [6, 6.07) is 9.02. The van der Waals surface area contributed by atoms with Gasteiger partial charge in [-0.25, -0.2) is 9.50 Å². The number of aliphatic hydroxyl groups is 1. The van der Waals surface area contributed by atoms with Crippen LogP contribution >= 0.6 is 0 Å². The molecule has 26 heavy (non-hydrogen) atoms. The number of benzene rings is 1. The van der Waals surface area contributed by atoms with Crippen molar-refractivity contribution in [2.45, 2.75) is 37.6 Å². The van der Waals surface area contributed by atoms with Crippen LogP contribution < -0.4 is 4.74 Å². The van der Waals surface area contributed by atoms with Crippen LogP contribution in [-0.4, -0.2) is 26.1 Å². The van der Waals surface area contributed by atoms with E-state index in [0.29, 0.717) is 22.8 Å². The third kappa shape index (κ3) is 3.12. The minimum absolute atomic E-state index is 0.338. The zero-order valence-corrected chi connectivity index (χ0v) is 13.9. The van der Waals surface area contributed by atoms with E-state index in [2.05, 4.69) is 14.8 Å². The molecule has 4 rings (SSSR count). The van der Waals surface area contributed by atoms with Crippen molar-refractivity contribution in [3.63, 3.8) is 0 Å². The second-order valence-corrected chi connectivity index (χ2v) is 6.62. The maximum atomic E-state index is 12.3. The number of nitrogens with zero attached hydrogens (tertiary/aromatic N) is 3. The minimum atomic E-state index is -4.75. The van der Waals surface area contributed by atoms with E-state index < -0.39 is 12.0 Å². The molecule has 0 amide bonds. The van der Waals surface area contributed by atoms with E-state index >= 15 is 0 Å². The number of hydrogen-bond donors (Lipinski definition) is 1. The maximum absolute atomic E-state index is 12.3. The van der Waals surface area contributed by atoms with Crippen molar-refractivity contribution in [2.75, 3.05) is 0 Å². The summed E-state index contributed by atoms with van der Waals surface area (Å²) in [6.45, 7) is 1.58. The van der Waals surface area contributed by atoms with Crippen molar-refractivity contribution in [3.05, 3.63) is 59.5 Å². The average Bonchev–Trinajstić information content (AvgIpc) is 3.30. The number of pyridine rings is 1. The molecule has 1 unspecified atom stereocenters. The van der Waals surface area contributed by atoms with Crippen molar-refractivity contribution in [1.82, 2.24) is 14.6 Å². The Bertz CT molecular complexity index is 944. The second kappa shape index (κ2) is 5.70. The molecule has 0 bridgehead atoms. The van der Waals surface area contributed by atoms with Crippen molar-refractivity contribution in [2.24, 2.45) is 0 Å². The monoisotopic (exact) mass is 363 g/mol. The number of hydrogen-bond acceptors (Lipinski definition) is 4. The van der Waals surface area contributed by atoms with E-state index in [0.717, 1.165) is 18.4 Å². The highest BCUT2D eigenvalue weighted by Crippen LogP contribution is 2.42. The minimum Gasteiger partial charge on any atom is -0.406 e. The van der Waals surface area contributed by atoms with Crippen molar-refractivity contribution < 1.29 is 23.0 Å². The molecule has 0 radical (unpaired) electrons. The molecular formula is C18H16F3N3O2. The maximum Gasteiger partial charge on any atom is 0.573 e. The topological polar surface area (TPSA) is 59.7 Å². The van der Waals surface area contributed by atoms with Crippen LogP contribution in [0, 0.1) is 0 Å². The Morgan fingerprint density at radius 1 is 1.15 bits per heavy atom. The van der Waals surface area contributed by atoms with E-state index in [1.807, 2.05) is 12.1 Å². The lowest BCUT2D eigenvalue weighted by Gasteiger charge is -2.25. The summed E-state index contributed by atoms with van der Waals surface area (Å²) < 4.78 is 42.4. The number of aromatic nitrogens is 3. The average molecular weight is 363 g/mol. The lowest BCUT2D eigenvalue weighted by atomic mass is 9.90. The van der Waals surface area contributed by atoms with Gasteiger partial charge in [0.15, 0.2) is 5.65 Å². The van der Waals surface area contributed by atoms with E-state index in [1.165, 1.54) is 30.6 Å². The standard InChI is InChI=1S/C18H16F3N3O2/c1-17(25,13-4-6-14(7-5-13)26-18(19,20)21)15-8-12(11-2-3-11)9-16-22-10-23-24(15)16/h4-11,25H,2-3H2,1H3. The molecule has 0 aliphatic heterocycles. The number of alkyl halides is 3. The van der Waals surface area contributed by atoms with Crippen LogP contribution in [0.5, 0.6) is 5.75 Å². The highest BCUT2D eigenvalue weighted by atomic mass is 19.4. The molecule has 0 saturated heterocycles. The highest BCUT2D eigenvalue weighted by molar-refractivity contribution is 5.48. The third-order valence-electron chi connectivity index (χ3n) is 4.60. The lowest BCUT2D eigenvalue weighted by Crippen LogP contribution is -2.26. The number of ether oxygens (including phenoxy) is 1. The molecule has 1 aliphatic carbocycles. The van der Waals surface area contributed by atoms with Gasteiger partial charge in [-0.05, 0) is 61.1 Å². The van der Waals surface area contributed by atoms with Crippen LogP contribution in [0.4, 0.5) is 13.2 Å². The van der Waals surface area contributed by atoms with Gasteiger partial charge in [-0.2, -0.15) is 5.10 Å². The Labute approximate surface area is 147 Å². The first kappa shape index (κ1) is 16.8. The van der Waals surface area contributed by atoms with Gasteiger partial charge in [0.2, 0.25) is 0 Å². The van der Waals surface area contributed by atoms with Gasteiger partial charge in [0, 0.05) is 0 Å². The SMILES string of the molecule is CC(O)(c1ccc(OC(F)(F)F)cc1)c1cc(C2CC2)cc2ncnn12. The molecule has 3 aromatic rings. The molecule has 5 nitrogen and oxygen atoms in total. The number of rotatable bonds is 4. The van der Waals surface area contributed by atoms with Crippen LogP contribution in [0.15, 0.2) is 42.7 Å². The third-order valence-corrected chi connectivity index (χ3v) is 4.60. The first-order valence-electron chi connectivity index (χ1n) is 8.17. The Hall–Kier alpha value is -2.61. The molecule has 136 valence electrons. The zero-order chi connectivity index (χ0) is 18.5. The molecule has 1 fully saturated rings. The molecule has 1 atom stereocenters. The van der Waals surface area contributed by atoms with Crippen LogP contribution in [0.3, 0.4) is 0 Å². The van der Waals surface area contributed by atoms with Crippen molar-refractivity contribution in [1.29, 1.82) is 0 Å². The molecule has 1 aliphatic rings. The van der Waals surface area contributed by atoms with E-state index in [1.54, 1.807) is 11.4 Å². The summed E-state index contributed by atoms with van der Waals surface area (Å²) in [5.74, 6) is 0.114. The Kier molecular flexibility index (Phi) is 3.69. The lowest BCUT2D eigenvalue weighted by molar-refractivity contribution is -0.274. The van der Waals surface area contributed by atoms with E-state index in [-0.39, 0.29) is 5.75 Å². The van der Waals surface area contributed by atoms with Gasteiger partial charge in [0.25, 0.3) is 0 Å². The first-order valence-corrected chi connectivity index (χ1v) is 8.17. The van der Waals surface area contributed by atoms with Crippen molar-refractivity contribution in [3.8, 4) is 5.75 Å². The van der Waals surface area contributed by atoms with Crippen molar-refractivity contribution >= 4 is 5.65 Å². The summed E-state index contributed by atoms with van der Waals surface area (Å²) in [5.41, 5.74) is 1.18. The van der Waals surface area contributed by atoms with Gasteiger partial charge in [-0.15, -0.1) is 13.2 Å². The Morgan fingerprint density at radius 2 is 1.85 bits per heavy atom. The predicted octanol–water partition coefficient (Wildman–Crippen LogP) is 3.76. The molecule has 2 aromatic heterocycles. The molecule has 2 heterocycles. The summed E-state index contributed by atoms with van der Waals surface area (Å²) in [6.07, 6.45) is -1.16. The van der Waals surface area contributed by atoms with Crippen LogP contribution in [-0.2, 0) is 5.60 Å². The normalized spacial score (nSPS) is 17.3. The molecule has 1 aromatic carbocycles. The second-order valence-electron chi connectivity index (χ2n) is 6.62. The van der Waals surface area contributed by atoms with Gasteiger partial charge in [-0.3, -0.25) is 0 Å². The zero-order valence-electron chi connectivity index (χ0n) is 13.9. The quantitative estimate of drug-likeness (QED) is 0.767. The summed E-state index contributed by atoms with van der Waals surface area (Å²) in [4.78, 5) is 4.21. The smallest absolute Gasteiger partial charge is 0.406 e. The van der Waals surface area contributed by atoms with Gasteiger partial charge in [0.1, 0.15) is 17.7 Å². The molecule has 0 spiro atoms. The fourth-order valence-electron chi connectivity index (χ4n) is 3.07. The van der Waals surface area contributed by atoms with Gasteiger partial charge in [-0.1, -0.05) is 12.1 Å². The highest BCUT2D eigenvalue weighted by Gasteiger charge is 2.34. The fraction of sp³-hybridized carbons (Fsp3) is 0.333. The Morgan fingerprint density at radius 3 is 2.46 bits per heavy atom. The van der Waals surface area contributed by atoms with Gasteiger partial charge < -0.3 is 9.84 Å². The predicted molar refractivity (Wildman–Crippen MR) is 86.8 cm³/mol. The summed E-state index contributed by atoms with van der Waals surface area (Å²) >= 11 is 0. The van der Waals surface area contributed by atoms with Gasteiger partial charge in [0.05, 0.1) is 5.69 Å². The first-order chi connectivity index (χ1) is 12.2. The van der Waals surface area contributed by atoms with Crippen LogP contribution in [0.2, 0.25) is 0 Å².